The highest BCUT2D eigenvalue weighted by molar-refractivity contribution is 5.17. The van der Waals surface area contributed by atoms with Crippen molar-refractivity contribution in [1.82, 2.24) is 0 Å². The lowest BCUT2D eigenvalue weighted by Gasteiger charge is -2.13. The Morgan fingerprint density at radius 2 is 1.87 bits per heavy atom. The van der Waals surface area contributed by atoms with E-state index in [1.165, 1.54) is 0 Å². The maximum absolute atomic E-state index is 9.87. The van der Waals surface area contributed by atoms with Crippen molar-refractivity contribution < 1.29 is 14.6 Å². The van der Waals surface area contributed by atoms with E-state index < -0.39 is 6.10 Å². The van der Waals surface area contributed by atoms with Crippen LogP contribution in [0.5, 0.6) is 0 Å². The SMILES string of the molecule is OC(CCC1OCCO1)c1ccccc1. The van der Waals surface area contributed by atoms with Crippen LogP contribution < -0.4 is 0 Å². The molecular weight excluding hydrogens is 192 g/mol. The van der Waals surface area contributed by atoms with Crippen molar-refractivity contribution in [3.63, 3.8) is 0 Å². The average Bonchev–Trinajstić information content (AvgIpc) is 2.80. The number of aliphatic hydroxyl groups excluding tert-OH is 1. The molecule has 3 heteroatoms. The van der Waals surface area contributed by atoms with Crippen LogP contribution in [0.15, 0.2) is 30.3 Å². The quantitative estimate of drug-likeness (QED) is 0.821. The summed E-state index contributed by atoms with van der Waals surface area (Å²) in [4.78, 5) is 0. The lowest BCUT2D eigenvalue weighted by molar-refractivity contribution is -0.0542. The Hall–Kier alpha value is -0.900. The molecule has 0 aromatic heterocycles. The minimum absolute atomic E-state index is 0.122. The molecule has 2 rings (SSSR count). The number of ether oxygens (including phenoxy) is 2. The van der Waals surface area contributed by atoms with Crippen LogP contribution in [0.1, 0.15) is 24.5 Å². The largest absolute Gasteiger partial charge is 0.388 e. The molecule has 3 nitrogen and oxygen atoms in total. The van der Waals surface area contributed by atoms with Crippen molar-refractivity contribution >= 4 is 0 Å². The lowest BCUT2D eigenvalue weighted by Crippen LogP contribution is -2.09. The Morgan fingerprint density at radius 1 is 1.20 bits per heavy atom. The molecular formula is C12H16O3. The monoisotopic (exact) mass is 208 g/mol. The van der Waals surface area contributed by atoms with E-state index in [0.717, 1.165) is 12.0 Å². The van der Waals surface area contributed by atoms with Crippen LogP contribution in [0.4, 0.5) is 0 Å². The van der Waals surface area contributed by atoms with Gasteiger partial charge in [-0.25, -0.2) is 0 Å². The number of hydrogen-bond donors (Lipinski definition) is 1. The normalized spacial score (nSPS) is 19.3. The Balaban J connectivity index is 1.79. The molecule has 1 heterocycles. The van der Waals surface area contributed by atoms with Crippen molar-refractivity contribution in [3.05, 3.63) is 35.9 Å². The Morgan fingerprint density at radius 3 is 2.53 bits per heavy atom. The van der Waals surface area contributed by atoms with Gasteiger partial charge in [0.05, 0.1) is 19.3 Å². The third kappa shape index (κ3) is 3.02. The zero-order valence-corrected chi connectivity index (χ0v) is 8.63. The summed E-state index contributed by atoms with van der Waals surface area (Å²) in [5.41, 5.74) is 0.954. The molecule has 1 atom stereocenters. The first-order valence-corrected chi connectivity index (χ1v) is 5.32. The van der Waals surface area contributed by atoms with Gasteiger partial charge in [-0.2, -0.15) is 0 Å². The van der Waals surface area contributed by atoms with Gasteiger partial charge in [-0.05, 0) is 12.0 Å². The van der Waals surface area contributed by atoms with Gasteiger partial charge in [0.1, 0.15) is 0 Å². The van der Waals surface area contributed by atoms with Gasteiger partial charge in [0.25, 0.3) is 0 Å². The van der Waals surface area contributed by atoms with E-state index in [1.54, 1.807) is 0 Å². The Labute approximate surface area is 89.6 Å². The predicted molar refractivity (Wildman–Crippen MR) is 56.3 cm³/mol. The predicted octanol–water partition coefficient (Wildman–Crippen LogP) is 1.87. The highest BCUT2D eigenvalue weighted by Gasteiger charge is 2.17. The highest BCUT2D eigenvalue weighted by atomic mass is 16.7. The molecule has 0 amide bonds. The Kier molecular flexibility index (Phi) is 3.72. The molecule has 1 unspecified atom stereocenters. The average molecular weight is 208 g/mol. The van der Waals surface area contributed by atoms with Crippen molar-refractivity contribution in [2.75, 3.05) is 13.2 Å². The molecule has 0 aliphatic carbocycles. The van der Waals surface area contributed by atoms with Gasteiger partial charge in [0.2, 0.25) is 0 Å². The first-order valence-electron chi connectivity index (χ1n) is 5.32. The number of rotatable bonds is 4. The fourth-order valence-electron chi connectivity index (χ4n) is 1.71. The molecule has 1 N–H and O–H groups in total. The molecule has 1 aromatic carbocycles. The second-order valence-corrected chi connectivity index (χ2v) is 3.67. The third-order valence-corrected chi connectivity index (χ3v) is 2.55. The maximum atomic E-state index is 9.87. The van der Waals surface area contributed by atoms with E-state index in [9.17, 15) is 5.11 Å². The van der Waals surface area contributed by atoms with Crippen molar-refractivity contribution in [2.45, 2.75) is 25.2 Å². The minimum Gasteiger partial charge on any atom is -0.388 e. The van der Waals surface area contributed by atoms with Gasteiger partial charge in [-0.1, -0.05) is 30.3 Å². The summed E-state index contributed by atoms with van der Waals surface area (Å²) in [7, 11) is 0. The van der Waals surface area contributed by atoms with Crippen LogP contribution in [0, 0.1) is 0 Å². The fraction of sp³-hybridized carbons (Fsp3) is 0.500. The summed E-state index contributed by atoms with van der Waals surface area (Å²) < 4.78 is 10.6. The van der Waals surface area contributed by atoms with E-state index in [1.807, 2.05) is 30.3 Å². The molecule has 1 saturated heterocycles. The van der Waals surface area contributed by atoms with E-state index >= 15 is 0 Å². The van der Waals surface area contributed by atoms with E-state index in [4.69, 9.17) is 9.47 Å². The summed E-state index contributed by atoms with van der Waals surface area (Å²) in [5.74, 6) is 0. The second kappa shape index (κ2) is 5.26. The van der Waals surface area contributed by atoms with E-state index in [0.29, 0.717) is 19.6 Å². The van der Waals surface area contributed by atoms with Crippen LogP contribution >= 0.6 is 0 Å². The van der Waals surface area contributed by atoms with Crippen LogP contribution in [-0.4, -0.2) is 24.6 Å². The van der Waals surface area contributed by atoms with Gasteiger partial charge >= 0.3 is 0 Å². The second-order valence-electron chi connectivity index (χ2n) is 3.67. The summed E-state index contributed by atoms with van der Waals surface area (Å²) >= 11 is 0. The number of aliphatic hydroxyl groups is 1. The van der Waals surface area contributed by atoms with Gasteiger partial charge in [0, 0.05) is 6.42 Å². The smallest absolute Gasteiger partial charge is 0.157 e. The van der Waals surface area contributed by atoms with E-state index in [-0.39, 0.29) is 6.29 Å². The van der Waals surface area contributed by atoms with Gasteiger partial charge in [-0.15, -0.1) is 0 Å². The summed E-state index contributed by atoms with van der Waals surface area (Å²) in [5, 5.41) is 9.87. The zero-order chi connectivity index (χ0) is 10.5. The van der Waals surface area contributed by atoms with Crippen LogP contribution in [-0.2, 0) is 9.47 Å². The van der Waals surface area contributed by atoms with Crippen molar-refractivity contribution in [2.24, 2.45) is 0 Å². The van der Waals surface area contributed by atoms with Crippen LogP contribution in [0.3, 0.4) is 0 Å². The fourth-order valence-corrected chi connectivity index (χ4v) is 1.71. The summed E-state index contributed by atoms with van der Waals surface area (Å²) in [6, 6.07) is 9.67. The molecule has 1 fully saturated rings. The molecule has 0 radical (unpaired) electrons. The highest BCUT2D eigenvalue weighted by Crippen LogP contribution is 2.21. The first-order chi connectivity index (χ1) is 7.36. The minimum atomic E-state index is -0.418. The van der Waals surface area contributed by atoms with Crippen LogP contribution in [0.25, 0.3) is 0 Å². The molecule has 82 valence electrons. The molecule has 1 aliphatic heterocycles. The topological polar surface area (TPSA) is 38.7 Å². The molecule has 15 heavy (non-hydrogen) atoms. The van der Waals surface area contributed by atoms with Crippen LogP contribution in [0.2, 0.25) is 0 Å². The van der Waals surface area contributed by atoms with E-state index in [2.05, 4.69) is 0 Å². The number of hydrogen-bond acceptors (Lipinski definition) is 3. The van der Waals surface area contributed by atoms with Crippen molar-refractivity contribution in [3.8, 4) is 0 Å². The lowest BCUT2D eigenvalue weighted by atomic mass is 10.1. The molecule has 1 aromatic rings. The van der Waals surface area contributed by atoms with Gasteiger partial charge in [0.15, 0.2) is 6.29 Å². The maximum Gasteiger partial charge on any atom is 0.157 e. The zero-order valence-electron chi connectivity index (χ0n) is 8.63. The Bertz CT molecular complexity index is 280. The van der Waals surface area contributed by atoms with Gasteiger partial charge < -0.3 is 14.6 Å². The molecule has 1 aliphatic rings. The summed E-state index contributed by atoms with van der Waals surface area (Å²) in [6.45, 7) is 1.35. The number of benzene rings is 1. The first kappa shape index (κ1) is 10.6. The molecule has 0 bridgehead atoms. The molecule has 0 spiro atoms. The third-order valence-electron chi connectivity index (χ3n) is 2.55. The summed E-state index contributed by atoms with van der Waals surface area (Å²) in [6.07, 6.45) is 0.882. The van der Waals surface area contributed by atoms with Gasteiger partial charge in [-0.3, -0.25) is 0 Å². The van der Waals surface area contributed by atoms with Crippen molar-refractivity contribution in [1.29, 1.82) is 0 Å². The molecule has 0 saturated carbocycles. The standard InChI is InChI=1S/C12H16O3/c13-11(10-4-2-1-3-5-10)6-7-12-14-8-9-15-12/h1-5,11-13H,6-9H2.